The van der Waals surface area contributed by atoms with E-state index in [1.54, 1.807) is 0 Å². The van der Waals surface area contributed by atoms with Crippen molar-refractivity contribution in [3.63, 3.8) is 0 Å². The standard InChI is InChI=1S/C28H34N4.2HI.H2O/c1-31-21-17-25(23-13-7-9-15-27(23)31)29-19-11-5-3-4-6-12-20-30-26-18-22-32(2)28-16-10-8-14-24(26)28;;;/h7-10,13-18,21-22H,3-6,11-12,19-20H2,1-2H3;2*1H;1H2. The van der Waals surface area contributed by atoms with Crippen molar-refractivity contribution in [1.82, 2.24) is 0 Å². The number of aromatic nitrogens is 2. The molecule has 4 aromatic rings. The third kappa shape index (κ3) is 8.42. The molecule has 2 aromatic carbocycles. The molecule has 0 atom stereocenters. The van der Waals surface area contributed by atoms with E-state index < -0.39 is 0 Å². The molecular weight excluding hydrogens is 662 g/mol. The zero-order valence-electron chi connectivity index (χ0n) is 20.7. The lowest BCUT2D eigenvalue weighted by molar-refractivity contribution is -0.644. The molecule has 0 bridgehead atoms. The molecule has 0 saturated heterocycles. The maximum Gasteiger partial charge on any atom is 0.214 e. The Morgan fingerprint density at radius 2 is 0.914 bits per heavy atom. The number of hydrogen-bond acceptors (Lipinski definition) is 2. The Balaban J connectivity index is 0.00000204. The van der Waals surface area contributed by atoms with E-state index in [1.807, 2.05) is 0 Å². The molecule has 190 valence electrons. The Kier molecular flexibility index (Phi) is 14.4. The topological polar surface area (TPSA) is 63.3 Å². The number of rotatable bonds is 11. The molecule has 2 aromatic heterocycles. The average molecular weight is 700 g/mol. The third-order valence-electron chi connectivity index (χ3n) is 6.31. The van der Waals surface area contributed by atoms with Gasteiger partial charge in [-0.2, -0.15) is 0 Å². The van der Waals surface area contributed by atoms with Gasteiger partial charge < -0.3 is 64.1 Å². The first-order valence-corrected chi connectivity index (χ1v) is 12.0. The van der Waals surface area contributed by atoms with Crippen LogP contribution in [0.25, 0.3) is 21.8 Å². The van der Waals surface area contributed by atoms with Gasteiger partial charge in [0.15, 0.2) is 12.4 Å². The van der Waals surface area contributed by atoms with E-state index in [0.29, 0.717) is 0 Å². The maximum absolute atomic E-state index is 3.64. The Morgan fingerprint density at radius 1 is 0.543 bits per heavy atom. The zero-order valence-corrected chi connectivity index (χ0v) is 25.1. The molecular formula is C28H38I2N4O. The summed E-state index contributed by atoms with van der Waals surface area (Å²) in [6, 6.07) is 21.5. The summed E-state index contributed by atoms with van der Waals surface area (Å²) in [6.07, 6.45) is 11.9. The summed E-state index contributed by atoms with van der Waals surface area (Å²) in [6.45, 7) is 2.08. The Bertz CT molecular complexity index is 1090. The minimum Gasteiger partial charge on any atom is -1.00 e. The van der Waals surface area contributed by atoms with Crippen LogP contribution in [0.5, 0.6) is 0 Å². The fourth-order valence-corrected chi connectivity index (χ4v) is 4.44. The average Bonchev–Trinajstić information content (AvgIpc) is 2.83. The highest BCUT2D eigenvalue weighted by atomic mass is 127. The van der Waals surface area contributed by atoms with Crippen LogP contribution in [0.4, 0.5) is 11.4 Å². The quantitative estimate of drug-likeness (QED) is 0.116. The van der Waals surface area contributed by atoms with Gasteiger partial charge in [0.2, 0.25) is 11.0 Å². The largest absolute Gasteiger partial charge is 1.00 e. The molecule has 7 heteroatoms. The molecule has 0 saturated carbocycles. The van der Waals surface area contributed by atoms with Crippen LogP contribution in [-0.4, -0.2) is 18.6 Å². The van der Waals surface area contributed by atoms with Gasteiger partial charge in [-0.15, -0.1) is 0 Å². The highest BCUT2D eigenvalue weighted by Gasteiger charge is 2.09. The van der Waals surface area contributed by atoms with Crippen LogP contribution in [0.3, 0.4) is 0 Å². The summed E-state index contributed by atoms with van der Waals surface area (Å²) in [5, 5.41) is 9.87. The van der Waals surface area contributed by atoms with Gasteiger partial charge in [-0.3, -0.25) is 0 Å². The van der Waals surface area contributed by atoms with Gasteiger partial charge in [-0.25, -0.2) is 9.13 Å². The summed E-state index contributed by atoms with van der Waals surface area (Å²) >= 11 is 0. The number of halogens is 2. The Morgan fingerprint density at radius 3 is 1.34 bits per heavy atom. The predicted molar refractivity (Wildman–Crippen MR) is 139 cm³/mol. The second-order valence-electron chi connectivity index (χ2n) is 8.69. The Hall–Kier alpha value is -1.72. The molecule has 5 nitrogen and oxygen atoms in total. The van der Waals surface area contributed by atoms with Crippen LogP contribution >= 0.6 is 0 Å². The van der Waals surface area contributed by atoms with E-state index in [1.165, 1.54) is 71.7 Å². The van der Waals surface area contributed by atoms with Crippen LogP contribution < -0.4 is 67.7 Å². The molecule has 0 fully saturated rings. The highest BCUT2D eigenvalue weighted by molar-refractivity contribution is 5.89. The lowest BCUT2D eigenvalue weighted by Gasteiger charge is -2.09. The van der Waals surface area contributed by atoms with Gasteiger partial charge in [0.25, 0.3) is 0 Å². The molecule has 4 N–H and O–H groups in total. The van der Waals surface area contributed by atoms with E-state index in [9.17, 15) is 0 Å². The molecule has 2 heterocycles. The number of fused-ring (bicyclic) bond motifs is 2. The fraction of sp³-hybridized carbons (Fsp3) is 0.357. The lowest BCUT2D eigenvalue weighted by Crippen LogP contribution is -3.00. The summed E-state index contributed by atoms with van der Waals surface area (Å²) < 4.78 is 4.35. The third-order valence-corrected chi connectivity index (χ3v) is 6.31. The van der Waals surface area contributed by atoms with E-state index in [2.05, 4.69) is 107 Å². The highest BCUT2D eigenvalue weighted by Crippen LogP contribution is 2.21. The number of unbranched alkanes of at least 4 members (excludes halogenated alkanes) is 5. The minimum atomic E-state index is 0. The van der Waals surface area contributed by atoms with E-state index in [4.69, 9.17) is 0 Å². The summed E-state index contributed by atoms with van der Waals surface area (Å²) in [4.78, 5) is 0. The molecule has 0 aliphatic heterocycles. The van der Waals surface area contributed by atoms with Crippen molar-refractivity contribution in [2.75, 3.05) is 23.7 Å². The van der Waals surface area contributed by atoms with Gasteiger partial charge in [-0.1, -0.05) is 49.9 Å². The van der Waals surface area contributed by atoms with Crippen molar-refractivity contribution >= 4 is 33.2 Å². The smallest absolute Gasteiger partial charge is 0.214 e. The molecule has 35 heavy (non-hydrogen) atoms. The number of aryl methyl sites for hydroxylation is 2. The second kappa shape index (κ2) is 16.1. The van der Waals surface area contributed by atoms with Gasteiger partial charge in [0, 0.05) is 37.4 Å². The lowest BCUT2D eigenvalue weighted by atomic mass is 10.1. The van der Waals surface area contributed by atoms with Crippen molar-refractivity contribution < 1.29 is 62.6 Å². The van der Waals surface area contributed by atoms with Crippen molar-refractivity contribution in [3.05, 3.63) is 73.1 Å². The number of hydrogen-bond donors (Lipinski definition) is 2. The number of anilines is 2. The van der Waals surface area contributed by atoms with Crippen LogP contribution in [0, 0.1) is 0 Å². The molecule has 0 aliphatic carbocycles. The SMILES string of the molecule is C[n+]1ccc(NCCCCCCCCNc2cc[n+](C)c3ccccc23)c2ccccc21.O.[I-].[I-]. The number of para-hydroxylation sites is 2. The Labute approximate surface area is 243 Å². The van der Waals surface area contributed by atoms with E-state index >= 15 is 0 Å². The molecule has 0 spiro atoms. The van der Waals surface area contributed by atoms with Crippen LogP contribution in [0.2, 0.25) is 0 Å². The summed E-state index contributed by atoms with van der Waals surface area (Å²) in [7, 11) is 4.20. The number of nitrogens with one attached hydrogen (secondary N) is 2. The number of nitrogens with zero attached hydrogens (tertiary/aromatic N) is 2. The predicted octanol–water partition coefficient (Wildman–Crippen LogP) is -1.31. The second-order valence-corrected chi connectivity index (χ2v) is 8.69. The molecule has 0 radical (unpaired) electrons. The van der Waals surface area contributed by atoms with Gasteiger partial charge >= 0.3 is 0 Å². The summed E-state index contributed by atoms with van der Waals surface area (Å²) in [5.74, 6) is 0. The van der Waals surface area contributed by atoms with Gasteiger partial charge in [0.1, 0.15) is 14.1 Å². The van der Waals surface area contributed by atoms with Crippen LogP contribution in [0.1, 0.15) is 38.5 Å². The fourth-order valence-electron chi connectivity index (χ4n) is 4.44. The first-order chi connectivity index (χ1) is 15.7. The van der Waals surface area contributed by atoms with Crippen LogP contribution in [0.15, 0.2) is 73.1 Å². The van der Waals surface area contributed by atoms with Crippen molar-refractivity contribution in [3.8, 4) is 0 Å². The first-order valence-electron chi connectivity index (χ1n) is 12.0. The number of pyridine rings is 2. The molecule has 4 rings (SSSR count). The van der Waals surface area contributed by atoms with Crippen molar-refractivity contribution in [2.45, 2.75) is 38.5 Å². The van der Waals surface area contributed by atoms with Crippen molar-refractivity contribution in [2.24, 2.45) is 14.1 Å². The number of benzene rings is 2. The molecule has 0 aliphatic rings. The summed E-state index contributed by atoms with van der Waals surface area (Å²) in [5.41, 5.74) is 5.02. The van der Waals surface area contributed by atoms with Crippen LogP contribution in [-0.2, 0) is 14.1 Å². The maximum atomic E-state index is 3.64. The van der Waals surface area contributed by atoms with Crippen molar-refractivity contribution in [1.29, 1.82) is 0 Å². The normalized spacial score (nSPS) is 10.2. The zero-order chi connectivity index (χ0) is 22.2. The van der Waals surface area contributed by atoms with Gasteiger partial charge in [-0.05, 0) is 25.0 Å². The molecule has 0 amide bonds. The minimum absolute atomic E-state index is 0. The van der Waals surface area contributed by atoms with E-state index in [0.717, 1.165) is 13.1 Å². The van der Waals surface area contributed by atoms with Gasteiger partial charge in [0.05, 0.1) is 22.1 Å². The first kappa shape index (κ1) is 31.3. The molecule has 0 unspecified atom stereocenters. The monoisotopic (exact) mass is 700 g/mol. The van der Waals surface area contributed by atoms with E-state index in [-0.39, 0.29) is 53.4 Å².